The van der Waals surface area contributed by atoms with Gasteiger partial charge in [-0.05, 0) is 44.4 Å². The van der Waals surface area contributed by atoms with Gasteiger partial charge in [-0.25, -0.2) is 9.78 Å². The third kappa shape index (κ3) is 5.00. The number of rotatable bonds is 6. The number of fused-ring (bicyclic) bond motifs is 3. The molecule has 1 fully saturated rings. The summed E-state index contributed by atoms with van der Waals surface area (Å²) < 4.78 is 22.3. The maximum absolute atomic E-state index is 12.2. The van der Waals surface area contributed by atoms with E-state index in [0.29, 0.717) is 41.9 Å². The number of hydrogen-bond acceptors (Lipinski definition) is 9. The summed E-state index contributed by atoms with van der Waals surface area (Å²) in [6.45, 7) is 6.47. The molecule has 0 spiro atoms. The van der Waals surface area contributed by atoms with Crippen LogP contribution in [-0.2, 0) is 4.74 Å². The lowest BCUT2D eigenvalue weighted by Gasteiger charge is -2.20. The quantitative estimate of drug-likeness (QED) is 0.300. The maximum Gasteiger partial charge on any atom is 0.410 e. The number of ether oxygens (including phenoxy) is 4. The van der Waals surface area contributed by atoms with E-state index in [4.69, 9.17) is 24.7 Å². The Morgan fingerprint density at radius 3 is 2.51 bits per heavy atom. The number of nitrogens with two attached hydrogens (primary N) is 1. The van der Waals surface area contributed by atoms with Crippen molar-refractivity contribution in [2.75, 3.05) is 33.1 Å². The van der Waals surface area contributed by atoms with Gasteiger partial charge >= 0.3 is 6.09 Å². The summed E-state index contributed by atoms with van der Waals surface area (Å²) in [7, 11) is 3.18. The number of amides is 1. The second kappa shape index (κ2) is 9.27. The van der Waals surface area contributed by atoms with E-state index in [0.717, 1.165) is 27.2 Å². The second-order valence-electron chi connectivity index (χ2n) is 9.84. The molecule has 37 heavy (non-hydrogen) atoms. The number of carbonyl (C=O) groups excluding carboxylic acids is 1. The number of pyridine rings is 3. The molecule has 10 heteroatoms. The van der Waals surface area contributed by atoms with Gasteiger partial charge in [0.05, 0.1) is 37.7 Å². The van der Waals surface area contributed by atoms with E-state index in [1.54, 1.807) is 37.7 Å². The van der Waals surface area contributed by atoms with Crippen molar-refractivity contribution >= 4 is 33.6 Å². The Morgan fingerprint density at radius 1 is 1.03 bits per heavy atom. The third-order valence-corrected chi connectivity index (χ3v) is 6.01. The Kier molecular flexibility index (Phi) is 6.10. The van der Waals surface area contributed by atoms with Crippen molar-refractivity contribution in [3.63, 3.8) is 0 Å². The summed E-state index contributed by atoms with van der Waals surface area (Å²) in [4.78, 5) is 27.3. The van der Waals surface area contributed by atoms with Crippen LogP contribution in [0.25, 0.3) is 32.9 Å². The number of benzene rings is 1. The molecule has 0 aliphatic carbocycles. The van der Waals surface area contributed by atoms with E-state index >= 15 is 0 Å². The van der Waals surface area contributed by atoms with E-state index < -0.39 is 5.60 Å². The molecule has 1 atom stereocenters. The van der Waals surface area contributed by atoms with Crippen LogP contribution in [0.4, 0.5) is 10.6 Å². The van der Waals surface area contributed by atoms with Crippen molar-refractivity contribution in [3.05, 3.63) is 42.9 Å². The number of anilines is 1. The molecule has 1 aromatic carbocycles. The van der Waals surface area contributed by atoms with E-state index in [2.05, 4.69) is 15.0 Å². The average Bonchev–Trinajstić information content (AvgIpc) is 3.65. The van der Waals surface area contributed by atoms with Crippen molar-refractivity contribution < 1.29 is 23.7 Å². The summed E-state index contributed by atoms with van der Waals surface area (Å²) in [5.74, 6) is 2.12. The first-order chi connectivity index (χ1) is 17.7. The Morgan fingerprint density at radius 2 is 1.78 bits per heavy atom. The standard InChI is InChI=1S/C27H29N5O5/c1-27(2,3)37-26(33)32-13-16(32)14-36-17-6-15(10-29-11-17)21-7-18-19-8-23(34-4)24(35-5)9-22(19)30-12-20(18)25(28)31-21/h6-12,16H,13-14H2,1-5H3,(H2,28,31)/t16-,32?/m1/s1. The van der Waals surface area contributed by atoms with Crippen LogP contribution in [0, 0.1) is 0 Å². The smallest absolute Gasteiger partial charge is 0.410 e. The van der Waals surface area contributed by atoms with Gasteiger partial charge in [-0.15, -0.1) is 0 Å². The molecule has 4 heterocycles. The first-order valence-corrected chi connectivity index (χ1v) is 11.9. The van der Waals surface area contributed by atoms with E-state index in [9.17, 15) is 4.79 Å². The molecule has 0 bridgehead atoms. The minimum atomic E-state index is -0.531. The number of hydrogen-bond donors (Lipinski definition) is 1. The topological polar surface area (TPSA) is 122 Å². The molecule has 1 amide bonds. The second-order valence-corrected chi connectivity index (χ2v) is 9.84. The highest BCUT2D eigenvalue weighted by Crippen LogP contribution is 2.37. The largest absolute Gasteiger partial charge is 0.493 e. The minimum absolute atomic E-state index is 0.0289. The minimum Gasteiger partial charge on any atom is -0.493 e. The Hall–Kier alpha value is -4.34. The predicted molar refractivity (Wildman–Crippen MR) is 140 cm³/mol. The summed E-state index contributed by atoms with van der Waals surface area (Å²) in [6, 6.07) is 7.50. The molecule has 10 nitrogen and oxygen atoms in total. The van der Waals surface area contributed by atoms with Crippen LogP contribution in [0.1, 0.15) is 20.8 Å². The van der Waals surface area contributed by atoms with Gasteiger partial charge in [0.1, 0.15) is 23.8 Å². The molecule has 4 aromatic rings. The fourth-order valence-corrected chi connectivity index (χ4v) is 4.10. The van der Waals surface area contributed by atoms with Crippen LogP contribution in [0.15, 0.2) is 42.9 Å². The Bertz CT molecular complexity index is 1500. The monoisotopic (exact) mass is 503 g/mol. The zero-order chi connectivity index (χ0) is 26.3. The van der Waals surface area contributed by atoms with E-state index in [-0.39, 0.29) is 12.1 Å². The Balaban J connectivity index is 1.41. The summed E-state index contributed by atoms with van der Waals surface area (Å²) >= 11 is 0. The predicted octanol–water partition coefficient (Wildman–Crippen LogP) is 4.44. The SMILES string of the molecule is COc1cc2ncc3c(N)nc(-c4cncc(OC[C@H]5CN5C(=O)OC(C)(C)C)c4)cc3c2cc1OC. The Labute approximate surface area is 214 Å². The lowest BCUT2D eigenvalue weighted by atomic mass is 10.0. The van der Waals surface area contributed by atoms with Crippen LogP contribution in [0.3, 0.4) is 0 Å². The molecule has 5 rings (SSSR count). The highest BCUT2D eigenvalue weighted by atomic mass is 16.6. The van der Waals surface area contributed by atoms with E-state index in [1.807, 2.05) is 45.0 Å². The van der Waals surface area contributed by atoms with Gasteiger partial charge in [-0.3, -0.25) is 14.9 Å². The molecule has 0 unspecified atom stereocenters. The zero-order valence-electron chi connectivity index (χ0n) is 21.4. The molecule has 0 saturated carbocycles. The number of methoxy groups -OCH3 is 2. The molecule has 1 aliphatic rings. The molecular formula is C27H29N5O5. The van der Waals surface area contributed by atoms with Crippen molar-refractivity contribution in [2.24, 2.45) is 0 Å². The zero-order valence-corrected chi connectivity index (χ0v) is 21.4. The van der Waals surface area contributed by atoms with Crippen LogP contribution in [0.2, 0.25) is 0 Å². The number of aromatic nitrogens is 3. The average molecular weight is 504 g/mol. The fourth-order valence-electron chi connectivity index (χ4n) is 4.10. The van der Waals surface area contributed by atoms with Crippen molar-refractivity contribution in [3.8, 4) is 28.5 Å². The van der Waals surface area contributed by atoms with Gasteiger partial charge in [0, 0.05) is 41.3 Å². The molecular weight excluding hydrogens is 474 g/mol. The van der Waals surface area contributed by atoms with Gasteiger partial charge in [-0.1, -0.05) is 0 Å². The molecule has 3 aromatic heterocycles. The van der Waals surface area contributed by atoms with Crippen LogP contribution < -0.4 is 19.9 Å². The van der Waals surface area contributed by atoms with Crippen molar-refractivity contribution in [2.45, 2.75) is 32.4 Å². The van der Waals surface area contributed by atoms with Crippen molar-refractivity contribution in [1.29, 1.82) is 0 Å². The van der Waals surface area contributed by atoms with Crippen LogP contribution in [-0.4, -0.2) is 65.0 Å². The first-order valence-electron chi connectivity index (χ1n) is 11.9. The fraction of sp³-hybridized carbons (Fsp3) is 0.333. The first kappa shape index (κ1) is 24.4. The van der Waals surface area contributed by atoms with E-state index in [1.165, 1.54) is 0 Å². The normalized spacial score (nSPS) is 15.1. The number of nitrogen functional groups attached to an aromatic ring is 1. The molecule has 2 N–H and O–H groups in total. The van der Waals surface area contributed by atoms with Gasteiger partial charge in [0.15, 0.2) is 11.5 Å². The van der Waals surface area contributed by atoms with Crippen molar-refractivity contribution in [1.82, 2.24) is 19.9 Å². The summed E-state index contributed by atoms with van der Waals surface area (Å²) in [6.07, 6.45) is 4.71. The lowest BCUT2D eigenvalue weighted by Crippen LogP contribution is -2.28. The number of carbonyl (C=O) groups is 1. The number of nitrogens with zero attached hydrogens (tertiary/aromatic N) is 4. The van der Waals surface area contributed by atoms with Gasteiger partial charge in [-0.2, -0.15) is 0 Å². The highest BCUT2D eigenvalue weighted by molar-refractivity contribution is 6.10. The van der Waals surface area contributed by atoms with Crippen LogP contribution in [0.5, 0.6) is 17.2 Å². The van der Waals surface area contributed by atoms with Gasteiger partial charge in [0.25, 0.3) is 0 Å². The molecule has 1 saturated heterocycles. The van der Waals surface area contributed by atoms with Crippen LogP contribution >= 0.6 is 0 Å². The summed E-state index contributed by atoms with van der Waals surface area (Å²) in [5, 5.41) is 2.48. The molecule has 1 aliphatic heterocycles. The third-order valence-electron chi connectivity index (χ3n) is 6.01. The highest BCUT2D eigenvalue weighted by Gasteiger charge is 2.41. The molecule has 0 radical (unpaired) electrons. The van der Waals surface area contributed by atoms with Gasteiger partial charge in [0.2, 0.25) is 0 Å². The van der Waals surface area contributed by atoms with Gasteiger partial charge < -0.3 is 24.7 Å². The maximum atomic E-state index is 12.2. The lowest BCUT2D eigenvalue weighted by molar-refractivity contribution is 0.0398. The summed E-state index contributed by atoms with van der Waals surface area (Å²) in [5.41, 5.74) is 7.94. The molecule has 192 valence electrons.